The molecule has 2 aliphatic rings. The lowest BCUT2D eigenvalue weighted by Crippen LogP contribution is -2.36. The molecular formula is C22H25N5O2. The summed E-state index contributed by atoms with van der Waals surface area (Å²) in [6.45, 7) is 4.73. The zero-order chi connectivity index (χ0) is 20.1. The first-order valence-corrected chi connectivity index (χ1v) is 10.1. The van der Waals surface area contributed by atoms with Crippen molar-refractivity contribution < 1.29 is 9.84 Å². The summed E-state index contributed by atoms with van der Waals surface area (Å²) in [6, 6.07) is 5.67. The first kappa shape index (κ1) is 18.1. The van der Waals surface area contributed by atoms with Crippen LogP contribution in [0.3, 0.4) is 0 Å². The van der Waals surface area contributed by atoms with Gasteiger partial charge in [-0.15, -0.1) is 5.10 Å². The van der Waals surface area contributed by atoms with Gasteiger partial charge in [0, 0.05) is 24.0 Å². The molecule has 29 heavy (non-hydrogen) atoms. The highest BCUT2D eigenvalue weighted by atomic mass is 16.5. The quantitative estimate of drug-likeness (QED) is 0.718. The van der Waals surface area contributed by atoms with Gasteiger partial charge in [-0.2, -0.15) is 0 Å². The topological polar surface area (TPSA) is 86.0 Å². The van der Waals surface area contributed by atoms with Gasteiger partial charge >= 0.3 is 6.01 Å². The molecule has 2 bridgehead atoms. The number of phenols is 1. The largest absolute Gasteiger partial charge is 0.507 e. The van der Waals surface area contributed by atoms with Crippen LogP contribution < -0.4 is 4.74 Å². The summed E-state index contributed by atoms with van der Waals surface area (Å²) in [4.78, 5) is 8.38. The van der Waals surface area contributed by atoms with Crippen molar-refractivity contribution in [3.63, 3.8) is 0 Å². The van der Waals surface area contributed by atoms with Crippen molar-refractivity contribution in [3.05, 3.63) is 43.1 Å². The van der Waals surface area contributed by atoms with E-state index >= 15 is 0 Å². The summed E-state index contributed by atoms with van der Waals surface area (Å²) < 4.78 is 7.92. The highest BCUT2D eigenvalue weighted by Gasteiger charge is 2.49. The van der Waals surface area contributed by atoms with E-state index < -0.39 is 0 Å². The van der Waals surface area contributed by atoms with E-state index in [1.807, 2.05) is 16.8 Å². The molecule has 0 radical (unpaired) electrons. The molecule has 1 aromatic carbocycles. The fraction of sp³-hybridized carbons (Fsp3) is 0.455. The Morgan fingerprint density at radius 3 is 2.55 bits per heavy atom. The van der Waals surface area contributed by atoms with Gasteiger partial charge in [-0.25, -0.2) is 9.97 Å². The van der Waals surface area contributed by atoms with E-state index in [1.54, 1.807) is 30.9 Å². The Labute approximate surface area is 169 Å². The second-order valence-electron chi connectivity index (χ2n) is 9.24. The number of fused-ring (bicyclic) bond motifs is 2. The van der Waals surface area contributed by atoms with Gasteiger partial charge in [0.2, 0.25) is 0 Å². The monoisotopic (exact) mass is 391 g/mol. The number of hydrogen-bond acceptors (Lipinski definition) is 6. The molecule has 0 aliphatic heterocycles. The maximum absolute atomic E-state index is 10.4. The van der Waals surface area contributed by atoms with Crippen molar-refractivity contribution in [3.8, 4) is 28.7 Å². The third-order valence-corrected chi connectivity index (χ3v) is 6.50. The van der Waals surface area contributed by atoms with Crippen molar-refractivity contribution in [2.24, 2.45) is 10.8 Å². The molecule has 2 heterocycles. The molecule has 2 aliphatic carbocycles. The van der Waals surface area contributed by atoms with Gasteiger partial charge in [-0.05, 0) is 55.1 Å². The number of rotatable bonds is 4. The van der Waals surface area contributed by atoms with Crippen molar-refractivity contribution in [1.29, 1.82) is 0 Å². The molecule has 2 aromatic heterocycles. The first-order chi connectivity index (χ1) is 13.9. The summed E-state index contributed by atoms with van der Waals surface area (Å²) in [5, 5.41) is 18.8. The SMILES string of the molecule is C[C@]12CC[C@](C)(C[C@@H](Oc3ncc(-c4ccc(-n5ccnc5)cc4O)nn3)C1)C2. The molecule has 0 amide bonds. The Bertz CT molecular complexity index is 1000. The number of hydrogen-bond donors (Lipinski definition) is 1. The first-order valence-electron chi connectivity index (χ1n) is 10.1. The van der Waals surface area contributed by atoms with E-state index in [1.165, 1.54) is 19.3 Å². The second-order valence-corrected chi connectivity index (χ2v) is 9.24. The van der Waals surface area contributed by atoms with Gasteiger partial charge in [-0.3, -0.25) is 0 Å². The maximum atomic E-state index is 10.4. The van der Waals surface area contributed by atoms with Crippen LogP contribution >= 0.6 is 0 Å². The molecule has 7 nitrogen and oxygen atoms in total. The van der Waals surface area contributed by atoms with Crippen LogP contribution in [-0.2, 0) is 0 Å². The van der Waals surface area contributed by atoms with Crippen LogP contribution in [-0.4, -0.2) is 35.9 Å². The molecule has 0 unspecified atom stereocenters. The van der Waals surface area contributed by atoms with Gasteiger partial charge in [0.1, 0.15) is 17.5 Å². The normalized spacial score (nSPS) is 28.4. The van der Waals surface area contributed by atoms with Crippen LogP contribution in [0.4, 0.5) is 0 Å². The van der Waals surface area contributed by atoms with Crippen molar-refractivity contribution >= 4 is 0 Å². The average Bonchev–Trinajstić information content (AvgIpc) is 3.28. The molecular weight excluding hydrogens is 366 g/mol. The van der Waals surface area contributed by atoms with Crippen LogP contribution in [0, 0.1) is 10.8 Å². The predicted molar refractivity (Wildman–Crippen MR) is 108 cm³/mol. The number of nitrogens with zero attached hydrogens (tertiary/aromatic N) is 5. The maximum Gasteiger partial charge on any atom is 0.335 e. The molecule has 3 atom stereocenters. The second kappa shape index (κ2) is 6.54. The highest BCUT2D eigenvalue weighted by Crippen LogP contribution is 2.58. The summed E-state index contributed by atoms with van der Waals surface area (Å²) in [6.07, 6.45) is 12.9. The minimum atomic E-state index is 0.116. The average molecular weight is 391 g/mol. The lowest BCUT2D eigenvalue weighted by molar-refractivity contribution is 0.0370. The Kier molecular flexibility index (Phi) is 4.08. The molecule has 5 rings (SSSR count). The lowest BCUT2D eigenvalue weighted by atomic mass is 9.69. The van der Waals surface area contributed by atoms with Gasteiger partial charge in [0.05, 0.1) is 18.2 Å². The minimum Gasteiger partial charge on any atom is -0.507 e. The summed E-state index contributed by atoms with van der Waals surface area (Å²) in [5.74, 6) is 0.116. The summed E-state index contributed by atoms with van der Waals surface area (Å²) in [5.41, 5.74) is 2.64. The van der Waals surface area contributed by atoms with Crippen molar-refractivity contribution in [1.82, 2.24) is 24.7 Å². The standard InChI is InChI=1S/C22H25N5O2/c1-21-5-6-22(2,13-21)11-16(10-21)29-20-24-12-18(25-26-20)17-4-3-15(9-19(17)28)27-8-7-23-14-27/h3-4,7-9,12,14,16,28H,5-6,10-11,13H2,1-2H3/t16-,21-,22+. The Morgan fingerprint density at radius 1 is 1.14 bits per heavy atom. The van der Waals surface area contributed by atoms with Gasteiger partial charge < -0.3 is 14.4 Å². The van der Waals surface area contributed by atoms with Crippen molar-refractivity contribution in [2.45, 2.75) is 52.1 Å². The van der Waals surface area contributed by atoms with Crippen LogP contribution in [0.1, 0.15) is 46.0 Å². The Morgan fingerprint density at radius 2 is 1.93 bits per heavy atom. The molecule has 150 valence electrons. The lowest BCUT2D eigenvalue weighted by Gasteiger charge is -2.39. The zero-order valence-corrected chi connectivity index (χ0v) is 16.7. The third kappa shape index (κ3) is 3.45. The smallest absolute Gasteiger partial charge is 0.335 e. The number of aromatic hydroxyl groups is 1. The van der Waals surface area contributed by atoms with Crippen LogP contribution in [0.2, 0.25) is 0 Å². The molecule has 0 saturated heterocycles. The molecule has 2 saturated carbocycles. The van der Waals surface area contributed by atoms with E-state index in [-0.39, 0.29) is 11.9 Å². The number of phenolic OH excluding ortho intramolecular Hbond substituents is 1. The Balaban J connectivity index is 1.32. The zero-order valence-electron chi connectivity index (χ0n) is 16.7. The predicted octanol–water partition coefficient (Wildman–Crippen LogP) is 4.17. The van der Waals surface area contributed by atoms with E-state index in [0.29, 0.717) is 28.1 Å². The highest BCUT2D eigenvalue weighted by molar-refractivity contribution is 5.67. The van der Waals surface area contributed by atoms with Gasteiger partial charge in [0.15, 0.2) is 0 Å². The molecule has 3 aromatic rings. The van der Waals surface area contributed by atoms with Gasteiger partial charge in [0.25, 0.3) is 0 Å². The minimum absolute atomic E-state index is 0.116. The number of benzene rings is 1. The number of imidazole rings is 1. The van der Waals surface area contributed by atoms with E-state index in [0.717, 1.165) is 18.5 Å². The van der Waals surface area contributed by atoms with E-state index in [9.17, 15) is 5.11 Å². The van der Waals surface area contributed by atoms with Crippen LogP contribution in [0.25, 0.3) is 16.9 Å². The van der Waals surface area contributed by atoms with E-state index in [4.69, 9.17) is 4.74 Å². The molecule has 1 N–H and O–H groups in total. The number of ether oxygens (including phenoxy) is 1. The molecule has 0 spiro atoms. The summed E-state index contributed by atoms with van der Waals surface area (Å²) >= 11 is 0. The van der Waals surface area contributed by atoms with Crippen LogP contribution in [0.15, 0.2) is 43.1 Å². The fourth-order valence-corrected chi connectivity index (χ4v) is 5.31. The van der Waals surface area contributed by atoms with Crippen molar-refractivity contribution in [2.75, 3.05) is 0 Å². The van der Waals surface area contributed by atoms with Crippen LogP contribution in [0.5, 0.6) is 11.8 Å². The van der Waals surface area contributed by atoms with Gasteiger partial charge in [-0.1, -0.05) is 18.9 Å². The fourth-order valence-electron chi connectivity index (χ4n) is 5.31. The third-order valence-electron chi connectivity index (χ3n) is 6.50. The summed E-state index contributed by atoms with van der Waals surface area (Å²) in [7, 11) is 0. The van der Waals surface area contributed by atoms with E-state index in [2.05, 4.69) is 34.0 Å². The molecule has 2 fully saturated rings. The number of aromatic nitrogens is 5. The Hall–Kier alpha value is -2.96. The molecule has 7 heteroatoms.